The molecule has 10 heteroatoms. The fourth-order valence-electron chi connectivity index (χ4n) is 2.61. The summed E-state index contributed by atoms with van der Waals surface area (Å²) in [6.45, 7) is -3.56. The van der Waals surface area contributed by atoms with Crippen molar-refractivity contribution in [3.05, 3.63) is 90.0 Å². The molecule has 0 spiro atoms. The zero-order chi connectivity index (χ0) is 23.1. The molecule has 0 bridgehead atoms. The summed E-state index contributed by atoms with van der Waals surface area (Å²) < 4.78 is 60.7. The van der Waals surface area contributed by atoms with E-state index in [1.807, 2.05) is 0 Å². The fourth-order valence-corrected chi connectivity index (χ4v) is 3.67. The van der Waals surface area contributed by atoms with Gasteiger partial charge in [-0.25, -0.2) is 13.2 Å². The molecule has 3 aromatic carbocycles. The van der Waals surface area contributed by atoms with E-state index in [4.69, 9.17) is 4.74 Å². The van der Waals surface area contributed by atoms with E-state index < -0.39 is 35.0 Å². The van der Waals surface area contributed by atoms with Crippen molar-refractivity contribution in [1.82, 2.24) is 0 Å². The topological polar surface area (TPSA) is 98.8 Å². The number of benzene rings is 3. The number of para-hydroxylation sites is 1. The molecule has 0 aliphatic rings. The number of carbonyl (C=O) groups excluding carboxylic acids is 2. The number of sulfonamides is 1. The Morgan fingerprint density at radius 1 is 0.844 bits per heavy atom. The Kier molecular flexibility index (Phi) is 7.16. The summed E-state index contributed by atoms with van der Waals surface area (Å²) in [6.07, 6.45) is 0. The van der Waals surface area contributed by atoms with Crippen LogP contribution in [-0.4, -0.2) is 33.4 Å². The van der Waals surface area contributed by atoms with E-state index in [-0.39, 0.29) is 21.8 Å². The van der Waals surface area contributed by atoms with Gasteiger partial charge in [0.25, 0.3) is 10.0 Å². The van der Waals surface area contributed by atoms with Crippen LogP contribution in [0.2, 0.25) is 0 Å². The van der Waals surface area contributed by atoms with Crippen LogP contribution in [0.25, 0.3) is 0 Å². The zero-order valence-corrected chi connectivity index (χ0v) is 17.2. The minimum atomic E-state index is -3.84. The summed E-state index contributed by atoms with van der Waals surface area (Å²) in [7, 11) is -3.84. The summed E-state index contributed by atoms with van der Waals surface area (Å²) in [4.78, 5) is 24.2. The van der Waals surface area contributed by atoms with Crippen molar-refractivity contribution in [2.24, 2.45) is 0 Å². The molecular weight excluding hydrogens is 444 g/mol. The number of nitrogens with one attached hydrogen (secondary N) is 1. The van der Waals surface area contributed by atoms with Gasteiger partial charge in [-0.3, -0.25) is 9.52 Å². The first-order valence-corrected chi connectivity index (χ1v) is 10.7. The average Bonchev–Trinajstić information content (AvgIpc) is 2.78. The van der Waals surface area contributed by atoms with Crippen molar-refractivity contribution in [3.8, 4) is 5.75 Å². The number of alkyl halides is 2. The van der Waals surface area contributed by atoms with E-state index in [9.17, 15) is 26.8 Å². The smallest absolute Gasteiger partial charge is 0.387 e. The largest absolute Gasteiger partial charge is 0.454 e. The molecule has 1 N–H and O–H groups in total. The molecule has 0 aliphatic heterocycles. The fraction of sp³-hybridized carbons (Fsp3) is 0.0909. The highest BCUT2D eigenvalue weighted by Gasteiger charge is 2.17. The number of anilines is 1. The summed E-state index contributed by atoms with van der Waals surface area (Å²) in [5, 5.41) is 0. The zero-order valence-electron chi connectivity index (χ0n) is 16.4. The van der Waals surface area contributed by atoms with Gasteiger partial charge in [0.2, 0.25) is 0 Å². The molecule has 0 unspecified atom stereocenters. The molecule has 0 fully saturated rings. The first kappa shape index (κ1) is 22.9. The highest BCUT2D eigenvalue weighted by molar-refractivity contribution is 7.92. The SMILES string of the molecule is O=C(COC(=O)c1ccc(S(=O)(=O)Nc2ccccc2)cc1)c1ccc(OC(F)F)cc1. The van der Waals surface area contributed by atoms with Gasteiger partial charge >= 0.3 is 12.6 Å². The number of hydrogen-bond acceptors (Lipinski definition) is 6. The molecular formula is C22H17F2NO6S. The van der Waals surface area contributed by atoms with Crippen LogP contribution >= 0.6 is 0 Å². The van der Waals surface area contributed by atoms with E-state index in [2.05, 4.69) is 9.46 Å². The Bertz CT molecular complexity index is 1180. The number of hydrogen-bond donors (Lipinski definition) is 1. The van der Waals surface area contributed by atoms with Crippen LogP contribution in [-0.2, 0) is 14.8 Å². The quantitative estimate of drug-likeness (QED) is 0.380. The van der Waals surface area contributed by atoms with Crippen molar-refractivity contribution in [3.63, 3.8) is 0 Å². The molecule has 0 saturated carbocycles. The Morgan fingerprint density at radius 3 is 2.03 bits per heavy atom. The number of rotatable bonds is 9. The summed E-state index contributed by atoms with van der Waals surface area (Å²) in [5.74, 6) is -1.48. The van der Waals surface area contributed by atoms with Crippen LogP contribution in [0.3, 0.4) is 0 Å². The predicted octanol–water partition coefficient (Wildman–Crippen LogP) is 4.13. The number of halogens is 2. The minimum Gasteiger partial charge on any atom is -0.454 e. The van der Waals surface area contributed by atoms with Crippen LogP contribution in [0.4, 0.5) is 14.5 Å². The van der Waals surface area contributed by atoms with E-state index in [0.717, 1.165) is 0 Å². The van der Waals surface area contributed by atoms with Gasteiger partial charge in [-0.05, 0) is 60.7 Å². The lowest BCUT2D eigenvalue weighted by Gasteiger charge is -2.09. The Balaban J connectivity index is 1.58. The second-order valence-electron chi connectivity index (χ2n) is 6.40. The lowest BCUT2D eigenvalue weighted by molar-refractivity contribution is -0.0498. The molecule has 0 radical (unpaired) electrons. The highest BCUT2D eigenvalue weighted by atomic mass is 32.2. The third kappa shape index (κ3) is 6.11. The van der Waals surface area contributed by atoms with E-state index in [0.29, 0.717) is 5.69 Å². The van der Waals surface area contributed by atoms with E-state index in [1.54, 1.807) is 30.3 Å². The van der Waals surface area contributed by atoms with Crippen LogP contribution in [0, 0.1) is 0 Å². The third-order valence-corrected chi connectivity index (χ3v) is 5.56. The van der Waals surface area contributed by atoms with E-state index in [1.165, 1.54) is 48.5 Å². The van der Waals surface area contributed by atoms with Crippen molar-refractivity contribution in [1.29, 1.82) is 0 Å². The monoisotopic (exact) mass is 461 g/mol. The Morgan fingerprint density at radius 2 is 1.44 bits per heavy atom. The molecule has 3 rings (SSSR count). The van der Waals surface area contributed by atoms with Gasteiger partial charge in [-0.2, -0.15) is 8.78 Å². The second-order valence-corrected chi connectivity index (χ2v) is 8.08. The lowest BCUT2D eigenvalue weighted by atomic mass is 10.1. The number of esters is 1. The molecule has 0 amide bonds. The highest BCUT2D eigenvalue weighted by Crippen LogP contribution is 2.18. The van der Waals surface area contributed by atoms with Gasteiger partial charge in [-0.1, -0.05) is 18.2 Å². The standard InChI is InChI=1S/C22H17F2NO6S/c23-22(24)31-18-10-6-15(7-11-18)20(26)14-30-21(27)16-8-12-19(13-9-16)32(28,29)25-17-4-2-1-3-5-17/h1-13,22,25H,14H2. The molecule has 7 nitrogen and oxygen atoms in total. The summed E-state index contributed by atoms with van der Waals surface area (Å²) >= 11 is 0. The molecule has 0 aliphatic carbocycles. The van der Waals surface area contributed by atoms with Crippen LogP contribution < -0.4 is 9.46 Å². The number of ether oxygens (including phenoxy) is 2. The number of ketones is 1. The number of carbonyl (C=O) groups is 2. The Hall–Kier alpha value is -3.79. The Labute approximate surface area is 182 Å². The van der Waals surface area contributed by atoms with Crippen molar-refractivity contribution >= 4 is 27.5 Å². The molecule has 0 heterocycles. The van der Waals surface area contributed by atoms with Crippen LogP contribution in [0.1, 0.15) is 20.7 Å². The molecule has 0 aromatic heterocycles. The van der Waals surface area contributed by atoms with Gasteiger partial charge in [0.05, 0.1) is 10.5 Å². The van der Waals surface area contributed by atoms with E-state index >= 15 is 0 Å². The third-order valence-electron chi connectivity index (χ3n) is 4.16. The van der Waals surface area contributed by atoms with Crippen LogP contribution in [0.5, 0.6) is 5.75 Å². The predicted molar refractivity (Wildman–Crippen MR) is 111 cm³/mol. The maximum absolute atomic E-state index is 12.4. The first-order chi connectivity index (χ1) is 15.2. The summed E-state index contributed by atoms with van der Waals surface area (Å²) in [6, 6.07) is 18.3. The van der Waals surface area contributed by atoms with Gasteiger partial charge in [-0.15, -0.1) is 0 Å². The second kappa shape index (κ2) is 10.0. The molecule has 0 atom stereocenters. The maximum Gasteiger partial charge on any atom is 0.387 e. The average molecular weight is 461 g/mol. The van der Waals surface area contributed by atoms with Crippen molar-refractivity contribution in [2.45, 2.75) is 11.5 Å². The number of Topliss-reactive ketones (excluding diaryl/α,β-unsaturated/α-hetero) is 1. The van der Waals surface area contributed by atoms with Crippen LogP contribution in [0.15, 0.2) is 83.8 Å². The minimum absolute atomic E-state index is 0.0529. The molecule has 32 heavy (non-hydrogen) atoms. The van der Waals surface area contributed by atoms with Crippen molar-refractivity contribution < 1.29 is 36.3 Å². The molecule has 3 aromatic rings. The van der Waals surface area contributed by atoms with Gasteiger partial charge < -0.3 is 9.47 Å². The lowest BCUT2D eigenvalue weighted by Crippen LogP contribution is -2.15. The van der Waals surface area contributed by atoms with Gasteiger partial charge in [0.1, 0.15) is 5.75 Å². The van der Waals surface area contributed by atoms with Gasteiger partial charge in [0.15, 0.2) is 12.4 Å². The molecule has 0 saturated heterocycles. The first-order valence-electron chi connectivity index (χ1n) is 9.18. The molecule has 166 valence electrons. The summed E-state index contributed by atoms with van der Waals surface area (Å²) in [5.41, 5.74) is 0.591. The normalized spacial score (nSPS) is 11.1. The van der Waals surface area contributed by atoms with Crippen molar-refractivity contribution in [2.75, 3.05) is 11.3 Å². The maximum atomic E-state index is 12.4. The van der Waals surface area contributed by atoms with Gasteiger partial charge in [0, 0.05) is 11.3 Å².